The summed E-state index contributed by atoms with van der Waals surface area (Å²) in [6.45, 7) is 0.368. The third-order valence-corrected chi connectivity index (χ3v) is 4.29. The van der Waals surface area contributed by atoms with Crippen molar-refractivity contribution in [2.45, 2.75) is 5.41 Å². The first-order chi connectivity index (χ1) is 11.2. The second-order valence-electron chi connectivity index (χ2n) is 5.57. The maximum Gasteiger partial charge on any atom is 0.115 e. The van der Waals surface area contributed by atoms with E-state index in [1.807, 2.05) is 54.6 Å². The minimum absolute atomic E-state index is 0.221. The van der Waals surface area contributed by atoms with Crippen LogP contribution in [0.5, 0.6) is 11.5 Å². The zero-order chi connectivity index (χ0) is 16.3. The molecule has 0 saturated carbocycles. The quantitative estimate of drug-likeness (QED) is 0.647. The van der Waals surface area contributed by atoms with E-state index in [-0.39, 0.29) is 11.5 Å². The summed E-state index contributed by atoms with van der Waals surface area (Å²) >= 11 is 0. The smallest absolute Gasteiger partial charge is 0.115 e. The number of hydrogen-bond donors (Lipinski definition) is 3. The van der Waals surface area contributed by atoms with E-state index in [1.54, 1.807) is 24.3 Å². The Balaban J connectivity index is 2.27. The fraction of sp³-hybridized carbons (Fsp3) is 0.100. The molecule has 116 valence electrons. The van der Waals surface area contributed by atoms with E-state index in [1.165, 1.54) is 0 Å². The van der Waals surface area contributed by atoms with Crippen LogP contribution in [-0.4, -0.2) is 16.8 Å². The molecule has 3 aromatic carbocycles. The van der Waals surface area contributed by atoms with Crippen molar-refractivity contribution in [3.63, 3.8) is 0 Å². The van der Waals surface area contributed by atoms with Gasteiger partial charge in [0.1, 0.15) is 11.5 Å². The van der Waals surface area contributed by atoms with Crippen LogP contribution < -0.4 is 5.73 Å². The van der Waals surface area contributed by atoms with Crippen molar-refractivity contribution in [3.05, 3.63) is 95.6 Å². The van der Waals surface area contributed by atoms with Crippen molar-refractivity contribution < 1.29 is 10.2 Å². The predicted molar refractivity (Wildman–Crippen MR) is 91.6 cm³/mol. The third kappa shape index (κ3) is 2.67. The average Bonchev–Trinajstić information content (AvgIpc) is 2.60. The van der Waals surface area contributed by atoms with Gasteiger partial charge in [0.15, 0.2) is 0 Å². The lowest BCUT2D eigenvalue weighted by atomic mass is 9.69. The molecule has 0 atom stereocenters. The highest BCUT2D eigenvalue weighted by molar-refractivity contribution is 5.52. The molecular weight excluding hydrogens is 286 g/mol. The summed E-state index contributed by atoms with van der Waals surface area (Å²) < 4.78 is 0. The number of rotatable bonds is 4. The van der Waals surface area contributed by atoms with Crippen molar-refractivity contribution in [1.82, 2.24) is 0 Å². The molecule has 0 aliphatic rings. The van der Waals surface area contributed by atoms with Gasteiger partial charge in [-0.15, -0.1) is 0 Å². The minimum atomic E-state index is -0.539. The van der Waals surface area contributed by atoms with Crippen LogP contribution in [0.1, 0.15) is 16.7 Å². The van der Waals surface area contributed by atoms with Gasteiger partial charge in [-0.3, -0.25) is 0 Å². The molecule has 0 saturated heterocycles. The van der Waals surface area contributed by atoms with E-state index in [2.05, 4.69) is 0 Å². The normalized spacial score (nSPS) is 11.3. The lowest BCUT2D eigenvalue weighted by Gasteiger charge is -2.34. The number of phenols is 2. The van der Waals surface area contributed by atoms with Crippen molar-refractivity contribution in [2.24, 2.45) is 5.73 Å². The van der Waals surface area contributed by atoms with Crippen molar-refractivity contribution in [1.29, 1.82) is 0 Å². The van der Waals surface area contributed by atoms with E-state index < -0.39 is 5.41 Å². The van der Waals surface area contributed by atoms with Gasteiger partial charge in [-0.1, -0.05) is 54.6 Å². The lowest BCUT2D eigenvalue weighted by Crippen LogP contribution is -2.37. The standard InChI is InChI=1S/C20H19NO2/c21-14-20(15-4-2-1-3-5-15,16-6-10-18(22)11-7-16)17-8-12-19(23)13-9-17/h1-13,22-23H,14,21H2. The largest absolute Gasteiger partial charge is 0.508 e. The fourth-order valence-electron chi connectivity index (χ4n) is 3.07. The summed E-state index contributed by atoms with van der Waals surface area (Å²) in [5, 5.41) is 19.2. The molecule has 3 rings (SSSR count). The molecule has 3 aromatic rings. The van der Waals surface area contributed by atoms with E-state index in [9.17, 15) is 10.2 Å². The number of benzene rings is 3. The monoisotopic (exact) mass is 305 g/mol. The lowest BCUT2D eigenvalue weighted by molar-refractivity contribution is 0.474. The van der Waals surface area contributed by atoms with Crippen LogP contribution >= 0.6 is 0 Å². The highest BCUT2D eigenvalue weighted by atomic mass is 16.3. The molecule has 0 amide bonds. The topological polar surface area (TPSA) is 66.5 Å². The summed E-state index contributed by atoms with van der Waals surface area (Å²) in [4.78, 5) is 0. The van der Waals surface area contributed by atoms with Crippen LogP contribution in [0.3, 0.4) is 0 Å². The molecule has 0 unspecified atom stereocenters. The SMILES string of the molecule is NCC(c1ccccc1)(c1ccc(O)cc1)c1ccc(O)cc1. The van der Waals surface area contributed by atoms with Crippen molar-refractivity contribution >= 4 is 0 Å². The predicted octanol–water partition coefficient (Wildman–Crippen LogP) is 3.39. The van der Waals surface area contributed by atoms with Crippen LogP contribution in [0.25, 0.3) is 0 Å². The van der Waals surface area contributed by atoms with Gasteiger partial charge < -0.3 is 15.9 Å². The second-order valence-corrected chi connectivity index (χ2v) is 5.57. The Morgan fingerprint density at radius 2 is 1.00 bits per heavy atom. The Bertz CT molecular complexity index is 720. The van der Waals surface area contributed by atoms with Crippen LogP contribution in [0, 0.1) is 0 Å². The fourth-order valence-corrected chi connectivity index (χ4v) is 3.07. The van der Waals surface area contributed by atoms with Crippen LogP contribution in [-0.2, 0) is 5.41 Å². The van der Waals surface area contributed by atoms with E-state index >= 15 is 0 Å². The first-order valence-electron chi connectivity index (χ1n) is 7.51. The highest BCUT2D eigenvalue weighted by Gasteiger charge is 2.34. The Kier molecular flexibility index (Phi) is 4.04. The van der Waals surface area contributed by atoms with Crippen molar-refractivity contribution in [2.75, 3.05) is 6.54 Å². The Labute approximate surface area is 135 Å². The number of hydrogen-bond acceptors (Lipinski definition) is 3. The highest BCUT2D eigenvalue weighted by Crippen LogP contribution is 2.39. The first kappa shape index (κ1) is 15.1. The maximum atomic E-state index is 9.61. The van der Waals surface area contributed by atoms with E-state index in [0.717, 1.165) is 16.7 Å². The zero-order valence-electron chi connectivity index (χ0n) is 12.7. The molecule has 3 heteroatoms. The van der Waals surface area contributed by atoms with Crippen LogP contribution in [0.4, 0.5) is 0 Å². The van der Waals surface area contributed by atoms with Gasteiger partial charge in [0.05, 0.1) is 5.41 Å². The van der Waals surface area contributed by atoms with Gasteiger partial charge in [0.2, 0.25) is 0 Å². The first-order valence-corrected chi connectivity index (χ1v) is 7.51. The zero-order valence-corrected chi connectivity index (χ0v) is 12.7. The molecular formula is C20H19NO2. The Morgan fingerprint density at radius 1 is 0.609 bits per heavy atom. The summed E-state index contributed by atoms with van der Waals surface area (Å²) in [6, 6.07) is 24.3. The summed E-state index contributed by atoms with van der Waals surface area (Å²) in [6.07, 6.45) is 0. The molecule has 0 spiro atoms. The number of phenolic OH excluding ortho intramolecular Hbond substituents is 2. The molecule has 0 bridgehead atoms. The van der Waals surface area contributed by atoms with E-state index in [4.69, 9.17) is 5.73 Å². The number of nitrogens with two attached hydrogens (primary N) is 1. The molecule has 0 aliphatic carbocycles. The molecule has 0 fully saturated rings. The Hall–Kier alpha value is -2.78. The molecule has 3 nitrogen and oxygen atoms in total. The number of aromatic hydroxyl groups is 2. The van der Waals surface area contributed by atoms with Gasteiger partial charge in [0, 0.05) is 6.54 Å². The maximum absolute atomic E-state index is 9.61. The summed E-state index contributed by atoms with van der Waals surface area (Å²) in [5.74, 6) is 0.442. The van der Waals surface area contributed by atoms with Gasteiger partial charge >= 0.3 is 0 Å². The molecule has 0 radical (unpaired) electrons. The second kappa shape index (κ2) is 6.15. The summed E-state index contributed by atoms with van der Waals surface area (Å²) in [5.41, 5.74) is 8.77. The summed E-state index contributed by atoms with van der Waals surface area (Å²) in [7, 11) is 0. The molecule has 0 aliphatic heterocycles. The van der Waals surface area contributed by atoms with Gasteiger partial charge in [-0.05, 0) is 41.0 Å². The van der Waals surface area contributed by atoms with E-state index in [0.29, 0.717) is 6.54 Å². The third-order valence-electron chi connectivity index (χ3n) is 4.29. The van der Waals surface area contributed by atoms with Gasteiger partial charge in [-0.25, -0.2) is 0 Å². The van der Waals surface area contributed by atoms with Crippen LogP contribution in [0.15, 0.2) is 78.9 Å². The van der Waals surface area contributed by atoms with Crippen LogP contribution in [0.2, 0.25) is 0 Å². The van der Waals surface area contributed by atoms with Gasteiger partial charge in [0.25, 0.3) is 0 Å². The molecule has 4 N–H and O–H groups in total. The molecule has 0 heterocycles. The van der Waals surface area contributed by atoms with Gasteiger partial charge in [-0.2, -0.15) is 0 Å². The molecule has 0 aromatic heterocycles. The van der Waals surface area contributed by atoms with Crippen molar-refractivity contribution in [3.8, 4) is 11.5 Å². The average molecular weight is 305 g/mol. The Morgan fingerprint density at radius 3 is 1.39 bits per heavy atom. The minimum Gasteiger partial charge on any atom is -0.508 e. The molecule has 23 heavy (non-hydrogen) atoms.